The molecule has 0 saturated carbocycles. The highest BCUT2D eigenvalue weighted by molar-refractivity contribution is 7.92. The lowest BCUT2D eigenvalue weighted by atomic mass is 10.2. The number of halogens is 2. The Morgan fingerprint density at radius 1 is 1.03 bits per heavy atom. The number of ether oxygens (including phenoxy) is 1. The van der Waals surface area contributed by atoms with E-state index in [4.69, 9.17) is 27.9 Å². The highest BCUT2D eigenvalue weighted by Crippen LogP contribution is 2.23. The number of pyridine rings is 1. The minimum Gasteiger partial charge on any atom is -0.452 e. The van der Waals surface area contributed by atoms with E-state index in [0.29, 0.717) is 16.4 Å². The highest BCUT2D eigenvalue weighted by atomic mass is 35.5. The van der Waals surface area contributed by atoms with Gasteiger partial charge in [0.25, 0.3) is 21.5 Å². The average molecular weight is 590 g/mol. The number of nitrogens with one attached hydrogen (secondary N) is 2. The van der Waals surface area contributed by atoms with Crippen LogP contribution in [-0.2, 0) is 26.6 Å². The third-order valence-electron chi connectivity index (χ3n) is 5.54. The van der Waals surface area contributed by atoms with Crippen molar-refractivity contribution in [3.63, 3.8) is 0 Å². The zero-order valence-electron chi connectivity index (χ0n) is 20.5. The number of rotatable bonds is 8. The number of benzene rings is 2. The Kier molecular flexibility index (Phi) is 8.09. The first kappa shape index (κ1) is 27.9. The molecule has 4 aromatic rings. The third kappa shape index (κ3) is 6.30. The van der Waals surface area contributed by atoms with Crippen LogP contribution in [0.2, 0.25) is 10.0 Å². The lowest BCUT2D eigenvalue weighted by Gasteiger charge is -2.10. The van der Waals surface area contributed by atoms with Crippen LogP contribution in [-0.4, -0.2) is 41.2 Å². The number of nitrogens with zero attached hydrogens (tertiary/aromatic N) is 3. The molecule has 0 radical (unpaired) electrons. The number of carbonyl (C=O) groups is 2. The van der Waals surface area contributed by atoms with Gasteiger partial charge in [-0.15, -0.1) is 0 Å². The molecule has 39 heavy (non-hydrogen) atoms. The summed E-state index contributed by atoms with van der Waals surface area (Å²) in [5, 5.41) is 2.73. The normalized spacial score (nSPS) is 11.2. The summed E-state index contributed by atoms with van der Waals surface area (Å²) in [4.78, 5) is 41.3. The molecule has 0 unspecified atom stereocenters. The Balaban J connectivity index is 1.53. The van der Waals surface area contributed by atoms with Crippen molar-refractivity contribution < 1.29 is 22.7 Å². The number of amides is 1. The molecule has 0 saturated heterocycles. The van der Waals surface area contributed by atoms with Crippen molar-refractivity contribution in [2.45, 2.75) is 11.8 Å². The van der Waals surface area contributed by atoms with Crippen molar-refractivity contribution >= 4 is 56.6 Å². The molecule has 0 atom stereocenters. The first-order chi connectivity index (χ1) is 18.5. The van der Waals surface area contributed by atoms with E-state index in [1.807, 2.05) is 0 Å². The quantitative estimate of drug-likeness (QED) is 0.298. The van der Waals surface area contributed by atoms with E-state index >= 15 is 0 Å². The van der Waals surface area contributed by atoms with Crippen LogP contribution in [0, 0.1) is 6.92 Å². The van der Waals surface area contributed by atoms with Gasteiger partial charge in [0, 0.05) is 18.3 Å². The maximum absolute atomic E-state index is 13.2. The second-order valence-corrected chi connectivity index (χ2v) is 10.8. The summed E-state index contributed by atoms with van der Waals surface area (Å²) in [5.41, 5.74) is -0.0742. The van der Waals surface area contributed by atoms with Crippen LogP contribution in [0.15, 0.2) is 76.6 Å². The van der Waals surface area contributed by atoms with Gasteiger partial charge >= 0.3 is 5.97 Å². The predicted octanol–water partition coefficient (Wildman–Crippen LogP) is 3.78. The van der Waals surface area contributed by atoms with Crippen LogP contribution in [0.5, 0.6) is 0 Å². The van der Waals surface area contributed by atoms with Crippen molar-refractivity contribution in [1.82, 2.24) is 14.3 Å². The standard InChI is InChI=1S/C25H21Cl2N5O6S/c1-15-23(24(34)32(31(15)2)19-6-4-3-5-7-19)30-39(36,37)20-11-16(10-18(27)12-20)25(35)38-14-22(33)29-21-9-8-17(26)13-28-21/h3-13,30H,14H2,1-2H3,(H,28,29,33). The van der Waals surface area contributed by atoms with E-state index in [1.54, 1.807) is 44.3 Å². The van der Waals surface area contributed by atoms with Crippen LogP contribution in [0.3, 0.4) is 0 Å². The topological polar surface area (TPSA) is 141 Å². The molecule has 0 bridgehead atoms. The van der Waals surface area contributed by atoms with Crippen LogP contribution in [0.4, 0.5) is 11.5 Å². The SMILES string of the molecule is Cc1c(NS(=O)(=O)c2cc(Cl)cc(C(=O)OCC(=O)Nc3ccc(Cl)cn3)c2)c(=O)n(-c2ccccc2)n1C. The van der Waals surface area contributed by atoms with E-state index in [9.17, 15) is 22.8 Å². The summed E-state index contributed by atoms with van der Waals surface area (Å²) in [6, 6.07) is 15.0. The van der Waals surface area contributed by atoms with Crippen molar-refractivity contribution in [3.8, 4) is 5.69 Å². The molecule has 2 aromatic carbocycles. The molecule has 0 aliphatic rings. The summed E-state index contributed by atoms with van der Waals surface area (Å²) >= 11 is 11.8. The highest BCUT2D eigenvalue weighted by Gasteiger charge is 2.24. The van der Waals surface area contributed by atoms with Gasteiger partial charge in [0.05, 0.1) is 26.9 Å². The zero-order valence-corrected chi connectivity index (χ0v) is 22.8. The molecule has 0 spiro atoms. The monoisotopic (exact) mass is 589 g/mol. The molecule has 1 amide bonds. The lowest BCUT2D eigenvalue weighted by molar-refractivity contribution is -0.119. The fourth-order valence-electron chi connectivity index (χ4n) is 3.56. The van der Waals surface area contributed by atoms with Crippen LogP contribution in [0.1, 0.15) is 16.1 Å². The van der Waals surface area contributed by atoms with Crippen molar-refractivity contribution in [2.75, 3.05) is 16.6 Å². The summed E-state index contributed by atoms with van der Waals surface area (Å²) < 4.78 is 36.6. The van der Waals surface area contributed by atoms with Crippen LogP contribution >= 0.6 is 23.2 Å². The molecule has 14 heteroatoms. The van der Waals surface area contributed by atoms with Gasteiger partial charge in [0.15, 0.2) is 6.61 Å². The zero-order chi connectivity index (χ0) is 28.3. The van der Waals surface area contributed by atoms with Crippen LogP contribution < -0.4 is 15.6 Å². The van der Waals surface area contributed by atoms with E-state index in [-0.39, 0.29) is 27.0 Å². The maximum Gasteiger partial charge on any atom is 0.338 e. The largest absolute Gasteiger partial charge is 0.452 e. The Hall–Kier alpha value is -4.13. The number of hydrogen-bond donors (Lipinski definition) is 2. The molecule has 2 aromatic heterocycles. The van der Waals surface area contributed by atoms with Crippen molar-refractivity contribution in [1.29, 1.82) is 0 Å². The second-order valence-electron chi connectivity index (χ2n) is 8.20. The Morgan fingerprint density at radius 3 is 2.41 bits per heavy atom. The lowest BCUT2D eigenvalue weighted by Crippen LogP contribution is -2.23. The Labute approximate surface area is 233 Å². The molecule has 0 fully saturated rings. The molecule has 11 nitrogen and oxygen atoms in total. The number of hydrogen-bond acceptors (Lipinski definition) is 7. The summed E-state index contributed by atoms with van der Waals surface area (Å²) in [5.74, 6) is -1.47. The van der Waals surface area contributed by atoms with Gasteiger partial charge in [-0.25, -0.2) is 22.9 Å². The van der Waals surface area contributed by atoms with E-state index in [0.717, 1.165) is 12.1 Å². The van der Waals surface area contributed by atoms with Gasteiger partial charge in [-0.05, 0) is 49.4 Å². The first-order valence-corrected chi connectivity index (χ1v) is 13.5. The number of sulfonamides is 1. The summed E-state index contributed by atoms with van der Waals surface area (Å²) in [6.45, 7) is 0.919. The molecule has 0 aliphatic carbocycles. The van der Waals surface area contributed by atoms with Crippen LogP contribution in [0.25, 0.3) is 5.69 Å². The average Bonchev–Trinajstić information content (AvgIpc) is 3.11. The smallest absolute Gasteiger partial charge is 0.338 e. The molecule has 0 aliphatic heterocycles. The predicted molar refractivity (Wildman–Crippen MR) is 146 cm³/mol. The second kappa shape index (κ2) is 11.3. The molecule has 202 valence electrons. The molecular weight excluding hydrogens is 569 g/mol. The van der Waals surface area contributed by atoms with Gasteiger partial charge in [-0.2, -0.15) is 0 Å². The van der Waals surface area contributed by atoms with Gasteiger partial charge in [-0.1, -0.05) is 41.4 Å². The number of anilines is 2. The Bertz CT molecular complexity index is 1720. The third-order valence-corrected chi connectivity index (χ3v) is 7.31. The fourth-order valence-corrected chi connectivity index (χ4v) is 5.16. The van der Waals surface area contributed by atoms with Gasteiger partial charge in [0.1, 0.15) is 11.5 Å². The van der Waals surface area contributed by atoms with Gasteiger partial charge in [0.2, 0.25) is 0 Å². The molecular formula is C25H21Cl2N5O6S. The van der Waals surface area contributed by atoms with Crippen molar-refractivity contribution in [3.05, 3.63) is 98.5 Å². The van der Waals surface area contributed by atoms with E-state index in [2.05, 4.69) is 15.0 Å². The van der Waals surface area contributed by atoms with Gasteiger partial charge < -0.3 is 10.1 Å². The maximum atomic E-state index is 13.2. The number of carbonyl (C=O) groups excluding carboxylic acids is 2. The molecule has 2 N–H and O–H groups in total. The number of aromatic nitrogens is 3. The summed E-state index contributed by atoms with van der Waals surface area (Å²) in [6.07, 6.45) is 1.33. The minimum atomic E-state index is -4.37. The number of esters is 1. The summed E-state index contributed by atoms with van der Waals surface area (Å²) in [7, 11) is -2.75. The van der Waals surface area contributed by atoms with Gasteiger partial charge in [-0.3, -0.25) is 19.0 Å². The number of para-hydroxylation sites is 1. The Morgan fingerprint density at radius 2 is 1.74 bits per heavy atom. The minimum absolute atomic E-state index is 0.0777. The first-order valence-electron chi connectivity index (χ1n) is 11.2. The van der Waals surface area contributed by atoms with E-state index < -0.39 is 34.1 Å². The fraction of sp³-hybridized carbons (Fsp3) is 0.120. The molecule has 2 heterocycles. The van der Waals surface area contributed by atoms with E-state index in [1.165, 1.54) is 33.8 Å². The molecule has 4 rings (SSSR count). The van der Waals surface area contributed by atoms with Crippen molar-refractivity contribution in [2.24, 2.45) is 7.05 Å².